The van der Waals surface area contributed by atoms with Gasteiger partial charge in [-0.15, -0.1) is 5.10 Å². The Labute approximate surface area is 162 Å². The Bertz CT molecular complexity index is 1110. The molecule has 2 aromatic heterocycles. The second-order valence-electron chi connectivity index (χ2n) is 6.35. The molecule has 28 heavy (non-hydrogen) atoms. The van der Waals surface area contributed by atoms with Gasteiger partial charge in [-0.3, -0.25) is 0 Å². The third-order valence-electron chi connectivity index (χ3n) is 4.66. The van der Waals surface area contributed by atoms with Gasteiger partial charge in [-0.1, -0.05) is 0 Å². The molecule has 0 atom stereocenters. The molecule has 142 valence electrons. The van der Waals surface area contributed by atoms with Crippen LogP contribution in [0.1, 0.15) is 11.3 Å². The number of aryl methyl sites for hydroxylation is 1. The molecule has 0 unspecified atom stereocenters. The smallest absolute Gasteiger partial charge is 0.156 e. The average Bonchev–Trinajstić information content (AvgIpc) is 3.28. The van der Waals surface area contributed by atoms with E-state index in [1.807, 2.05) is 54.2 Å². The predicted molar refractivity (Wildman–Crippen MR) is 108 cm³/mol. The molecular weight excluding hydrogens is 354 g/mol. The van der Waals surface area contributed by atoms with Crippen LogP contribution < -0.4 is 14.8 Å². The van der Waals surface area contributed by atoms with E-state index in [0.717, 1.165) is 45.0 Å². The first-order chi connectivity index (χ1) is 13.7. The molecule has 0 spiro atoms. The number of rotatable bonds is 6. The zero-order valence-corrected chi connectivity index (χ0v) is 16.0. The fourth-order valence-electron chi connectivity index (χ4n) is 3.14. The van der Waals surface area contributed by atoms with Gasteiger partial charge in [0.05, 0.1) is 25.6 Å². The van der Waals surface area contributed by atoms with E-state index in [1.54, 1.807) is 20.4 Å². The van der Waals surface area contributed by atoms with Crippen molar-refractivity contribution in [1.29, 1.82) is 0 Å². The number of methoxy groups -OCH3 is 2. The van der Waals surface area contributed by atoms with Crippen LogP contribution in [-0.4, -0.2) is 34.2 Å². The summed E-state index contributed by atoms with van der Waals surface area (Å²) in [6.07, 6.45) is 3.68. The summed E-state index contributed by atoms with van der Waals surface area (Å²) in [7, 11) is 3.29. The Balaban J connectivity index is 1.65. The highest BCUT2D eigenvalue weighted by Gasteiger charge is 2.10. The Hall–Kier alpha value is -3.61. The molecule has 4 rings (SSSR count). The van der Waals surface area contributed by atoms with E-state index in [2.05, 4.69) is 26.7 Å². The normalized spacial score (nSPS) is 10.8. The van der Waals surface area contributed by atoms with Gasteiger partial charge in [-0.05, 0) is 43.3 Å². The van der Waals surface area contributed by atoms with Gasteiger partial charge in [0.2, 0.25) is 0 Å². The molecule has 4 aromatic rings. The lowest BCUT2D eigenvalue weighted by Crippen LogP contribution is -2.06. The van der Waals surface area contributed by atoms with E-state index in [0.29, 0.717) is 6.54 Å². The molecule has 0 aliphatic heterocycles. The molecule has 0 saturated carbocycles. The van der Waals surface area contributed by atoms with Crippen molar-refractivity contribution in [3.8, 4) is 17.2 Å². The monoisotopic (exact) mass is 375 g/mol. The maximum absolute atomic E-state index is 5.47. The maximum atomic E-state index is 5.47. The molecular formula is C21H21N5O2. The highest BCUT2D eigenvalue weighted by Crippen LogP contribution is 2.28. The second kappa shape index (κ2) is 7.56. The molecule has 0 amide bonds. The second-order valence-corrected chi connectivity index (χ2v) is 6.35. The highest BCUT2D eigenvalue weighted by molar-refractivity contribution is 5.94. The zero-order valence-electron chi connectivity index (χ0n) is 16.0. The van der Waals surface area contributed by atoms with E-state index in [9.17, 15) is 0 Å². The summed E-state index contributed by atoms with van der Waals surface area (Å²) in [4.78, 5) is 0. The summed E-state index contributed by atoms with van der Waals surface area (Å²) in [5.74, 6) is 2.25. The van der Waals surface area contributed by atoms with Crippen LogP contribution in [-0.2, 0) is 6.54 Å². The number of benzene rings is 2. The van der Waals surface area contributed by atoms with E-state index < -0.39 is 0 Å². The minimum atomic E-state index is 0.556. The van der Waals surface area contributed by atoms with Gasteiger partial charge in [0.15, 0.2) is 5.82 Å². The highest BCUT2D eigenvalue weighted by atomic mass is 16.5. The van der Waals surface area contributed by atoms with Crippen molar-refractivity contribution >= 4 is 16.6 Å². The molecule has 0 aliphatic carbocycles. The van der Waals surface area contributed by atoms with Gasteiger partial charge < -0.3 is 14.8 Å². The van der Waals surface area contributed by atoms with Gasteiger partial charge in [0.25, 0.3) is 0 Å². The van der Waals surface area contributed by atoms with Crippen molar-refractivity contribution in [2.75, 3.05) is 19.5 Å². The van der Waals surface area contributed by atoms with Crippen molar-refractivity contribution in [3.63, 3.8) is 0 Å². The van der Waals surface area contributed by atoms with Crippen LogP contribution in [0.2, 0.25) is 0 Å². The van der Waals surface area contributed by atoms with Crippen LogP contribution in [0.5, 0.6) is 11.5 Å². The molecule has 2 heterocycles. The number of aromatic nitrogens is 4. The van der Waals surface area contributed by atoms with Crippen LogP contribution in [0, 0.1) is 6.92 Å². The SMILES string of the molecule is COc1ccc(CNc2nnc(C)c3cc(-n4cccn4)ccc23)c(OC)c1. The molecule has 0 fully saturated rings. The van der Waals surface area contributed by atoms with E-state index in [-0.39, 0.29) is 0 Å². The summed E-state index contributed by atoms with van der Waals surface area (Å²) < 4.78 is 12.6. The molecule has 0 saturated heterocycles. The lowest BCUT2D eigenvalue weighted by Gasteiger charge is -2.13. The summed E-state index contributed by atoms with van der Waals surface area (Å²) in [6.45, 7) is 2.51. The van der Waals surface area contributed by atoms with Crippen molar-refractivity contribution in [3.05, 3.63) is 66.1 Å². The van der Waals surface area contributed by atoms with Crippen LogP contribution in [0.15, 0.2) is 54.9 Å². The van der Waals surface area contributed by atoms with E-state index >= 15 is 0 Å². The number of anilines is 1. The third-order valence-corrected chi connectivity index (χ3v) is 4.66. The fraction of sp³-hybridized carbons (Fsp3) is 0.190. The summed E-state index contributed by atoms with van der Waals surface area (Å²) in [5, 5.41) is 18.4. The first kappa shape index (κ1) is 17.8. The van der Waals surface area contributed by atoms with Gasteiger partial charge >= 0.3 is 0 Å². The summed E-state index contributed by atoms with van der Waals surface area (Å²) in [5.41, 5.74) is 2.86. The Kier molecular flexibility index (Phi) is 4.80. The van der Waals surface area contributed by atoms with Crippen molar-refractivity contribution in [1.82, 2.24) is 20.0 Å². The van der Waals surface area contributed by atoms with Gasteiger partial charge in [0.1, 0.15) is 11.5 Å². The Morgan fingerprint density at radius 2 is 1.89 bits per heavy atom. The lowest BCUT2D eigenvalue weighted by atomic mass is 10.1. The number of ether oxygens (including phenoxy) is 2. The standard InChI is InChI=1S/C21H21N5O2/c1-14-19-11-16(26-10-4-9-23-26)6-8-18(19)21(25-24-14)22-13-15-5-7-17(27-2)12-20(15)28-3/h4-12H,13H2,1-3H3,(H,22,25). The molecule has 0 radical (unpaired) electrons. The minimum absolute atomic E-state index is 0.556. The number of hydrogen-bond acceptors (Lipinski definition) is 6. The summed E-state index contributed by atoms with van der Waals surface area (Å²) >= 11 is 0. The van der Waals surface area contributed by atoms with Crippen LogP contribution in [0.3, 0.4) is 0 Å². The molecule has 7 heteroatoms. The number of hydrogen-bond donors (Lipinski definition) is 1. The van der Waals surface area contributed by atoms with Crippen LogP contribution >= 0.6 is 0 Å². The van der Waals surface area contributed by atoms with Crippen molar-refractivity contribution < 1.29 is 9.47 Å². The number of nitrogens with one attached hydrogen (secondary N) is 1. The number of fused-ring (bicyclic) bond motifs is 1. The van der Waals surface area contributed by atoms with Gasteiger partial charge in [-0.25, -0.2) is 4.68 Å². The van der Waals surface area contributed by atoms with Crippen molar-refractivity contribution in [2.24, 2.45) is 0 Å². The Morgan fingerprint density at radius 3 is 2.64 bits per heavy atom. The molecule has 7 nitrogen and oxygen atoms in total. The van der Waals surface area contributed by atoms with Crippen molar-refractivity contribution in [2.45, 2.75) is 13.5 Å². The quantitative estimate of drug-likeness (QED) is 0.553. The summed E-state index contributed by atoms with van der Waals surface area (Å²) in [6, 6.07) is 13.8. The molecule has 0 bridgehead atoms. The first-order valence-corrected chi connectivity index (χ1v) is 8.91. The first-order valence-electron chi connectivity index (χ1n) is 8.91. The van der Waals surface area contributed by atoms with Gasteiger partial charge in [-0.2, -0.15) is 10.2 Å². The van der Waals surface area contributed by atoms with Crippen LogP contribution in [0.25, 0.3) is 16.5 Å². The Morgan fingerprint density at radius 1 is 1.00 bits per heavy atom. The van der Waals surface area contributed by atoms with E-state index in [4.69, 9.17) is 9.47 Å². The van der Waals surface area contributed by atoms with Gasteiger partial charge in [0, 0.05) is 41.3 Å². The largest absolute Gasteiger partial charge is 0.497 e. The average molecular weight is 375 g/mol. The molecule has 1 N–H and O–H groups in total. The molecule has 2 aromatic carbocycles. The maximum Gasteiger partial charge on any atom is 0.156 e. The molecule has 0 aliphatic rings. The predicted octanol–water partition coefficient (Wildman–Crippen LogP) is 3.75. The van der Waals surface area contributed by atoms with E-state index in [1.165, 1.54) is 0 Å². The zero-order chi connectivity index (χ0) is 19.5. The van der Waals surface area contributed by atoms with Crippen LogP contribution in [0.4, 0.5) is 5.82 Å². The number of nitrogens with zero attached hydrogens (tertiary/aromatic N) is 4. The third kappa shape index (κ3) is 3.34. The topological polar surface area (TPSA) is 74.1 Å². The minimum Gasteiger partial charge on any atom is -0.497 e. The lowest BCUT2D eigenvalue weighted by molar-refractivity contribution is 0.391. The fourth-order valence-corrected chi connectivity index (χ4v) is 3.14.